The number of hydrogen-bond donors (Lipinski definition) is 1. The fraction of sp³-hybridized carbons (Fsp3) is 0.167. The molecule has 0 spiro atoms. The number of aliphatic hydroxyl groups excluding tert-OH is 1. The van der Waals surface area contributed by atoms with Crippen molar-refractivity contribution in [2.45, 2.75) is 6.61 Å². The summed E-state index contributed by atoms with van der Waals surface area (Å²) in [5.74, 6) is 0.499. The molecule has 0 aliphatic carbocycles. The minimum Gasteiger partial charge on any atom is -0.479 e. The largest absolute Gasteiger partial charge is 0.479 e. The maximum atomic E-state index is 8.95. The van der Waals surface area contributed by atoms with Crippen molar-refractivity contribution < 1.29 is 9.84 Å². The zero-order valence-corrected chi connectivity index (χ0v) is 8.92. The van der Waals surface area contributed by atoms with E-state index in [9.17, 15) is 0 Å². The van der Waals surface area contributed by atoms with E-state index in [-0.39, 0.29) is 6.61 Å². The minimum atomic E-state index is 0.0396. The van der Waals surface area contributed by atoms with Crippen LogP contribution >= 0.6 is 0 Å². The summed E-state index contributed by atoms with van der Waals surface area (Å²) in [5.41, 5.74) is 2.49. The van der Waals surface area contributed by atoms with Crippen LogP contribution in [0.15, 0.2) is 36.7 Å². The van der Waals surface area contributed by atoms with Crippen molar-refractivity contribution in [2.24, 2.45) is 0 Å². The van der Waals surface area contributed by atoms with Gasteiger partial charge in [-0.3, -0.25) is 0 Å². The summed E-state index contributed by atoms with van der Waals surface area (Å²) >= 11 is 0. The molecule has 1 aromatic heterocycles. The van der Waals surface area contributed by atoms with Crippen LogP contribution in [0.3, 0.4) is 0 Å². The van der Waals surface area contributed by atoms with E-state index in [0.717, 1.165) is 11.1 Å². The molecule has 0 unspecified atom stereocenters. The van der Waals surface area contributed by atoms with Gasteiger partial charge in [0.05, 0.1) is 13.7 Å². The van der Waals surface area contributed by atoms with Crippen LogP contribution in [0.5, 0.6) is 5.88 Å². The molecule has 16 heavy (non-hydrogen) atoms. The number of methoxy groups -OCH3 is 1. The fourth-order valence-corrected chi connectivity index (χ4v) is 1.44. The molecule has 1 N–H and O–H groups in total. The molecule has 1 heterocycles. The van der Waals surface area contributed by atoms with Gasteiger partial charge in [-0.25, -0.2) is 9.97 Å². The average Bonchev–Trinajstić information content (AvgIpc) is 2.39. The van der Waals surface area contributed by atoms with Gasteiger partial charge in [0.2, 0.25) is 5.88 Å². The van der Waals surface area contributed by atoms with Crippen LogP contribution in [0.1, 0.15) is 5.56 Å². The Morgan fingerprint density at radius 1 is 1.12 bits per heavy atom. The third kappa shape index (κ3) is 2.01. The smallest absolute Gasteiger partial charge is 0.240 e. The Bertz CT molecular complexity index is 469. The molecule has 0 bridgehead atoms. The minimum absolute atomic E-state index is 0.0396. The molecular formula is C12H12N2O2. The van der Waals surface area contributed by atoms with Crippen LogP contribution in [0.2, 0.25) is 0 Å². The van der Waals surface area contributed by atoms with Crippen LogP contribution in [-0.4, -0.2) is 22.2 Å². The zero-order chi connectivity index (χ0) is 11.4. The zero-order valence-electron chi connectivity index (χ0n) is 8.92. The molecule has 82 valence electrons. The van der Waals surface area contributed by atoms with Gasteiger partial charge in [0.1, 0.15) is 5.69 Å². The summed E-state index contributed by atoms with van der Waals surface area (Å²) in [6, 6.07) is 7.48. The lowest BCUT2D eigenvalue weighted by molar-refractivity contribution is 0.282. The van der Waals surface area contributed by atoms with E-state index in [1.807, 2.05) is 24.3 Å². The highest BCUT2D eigenvalue weighted by atomic mass is 16.5. The second-order valence-corrected chi connectivity index (χ2v) is 3.27. The maximum absolute atomic E-state index is 8.95. The third-order valence-corrected chi connectivity index (χ3v) is 2.27. The van der Waals surface area contributed by atoms with E-state index in [1.54, 1.807) is 19.5 Å². The van der Waals surface area contributed by atoms with E-state index in [1.165, 1.54) is 0 Å². The van der Waals surface area contributed by atoms with Crippen molar-refractivity contribution in [3.8, 4) is 17.1 Å². The first kappa shape index (κ1) is 10.6. The van der Waals surface area contributed by atoms with Crippen LogP contribution in [0, 0.1) is 0 Å². The molecule has 1 aromatic carbocycles. The summed E-state index contributed by atoms with van der Waals surface area (Å²) < 4.78 is 5.13. The predicted octanol–water partition coefficient (Wildman–Crippen LogP) is 1.64. The van der Waals surface area contributed by atoms with Crippen LogP contribution in [0.25, 0.3) is 11.3 Å². The van der Waals surface area contributed by atoms with Gasteiger partial charge in [-0.1, -0.05) is 24.3 Å². The Morgan fingerprint density at radius 2 is 1.81 bits per heavy atom. The monoisotopic (exact) mass is 216 g/mol. The lowest BCUT2D eigenvalue weighted by Crippen LogP contribution is -1.94. The average molecular weight is 216 g/mol. The molecule has 2 aromatic rings. The number of aromatic nitrogens is 2. The number of benzene rings is 1. The van der Waals surface area contributed by atoms with E-state index < -0.39 is 0 Å². The summed E-state index contributed by atoms with van der Waals surface area (Å²) in [7, 11) is 1.57. The standard InChI is InChI=1S/C12H12N2O2/c1-16-12-11(13-6-7-14-12)10-4-2-9(8-15)3-5-10/h2-7,15H,8H2,1H3. The number of hydrogen-bond acceptors (Lipinski definition) is 4. The van der Waals surface area contributed by atoms with Gasteiger partial charge >= 0.3 is 0 Å². The van der Waals surface area contributed by atoms with Gasteiger partial charge in [-0.15, -0.1) is 0 Å². The third-order valence-electron chi connectivity index (χ3n) is 2.27. The molecular weight excluding hydrogens is 204 g/mol. The van der Waals surface area contributed by atoms with E-state index >= 15 is 0 Å². The summed E-state index contributed by atoms with van der Waals surface area (Å²) in [6.07, 6.45) is 3.21. The first-order valence-corrected chi connectivity index (χ1v) is 4.90. The first-order chi connectivity index (χ1) is 7.85. The van der Waals surface area contributed by atoms with Crippen molar-refractivity contribution in [1.82, 2.24) is 9.97 Å². The summed E-state index contributed by atoms with van der Waals surface area (Å²) in [5, 5.41) is 8.95. The SMILES string of the molecule is COc1nccnc1-c1ccc(CO)cc1. The Balaban J connectivity index is 2.42. The molecule has 0 saturated carbocycles. The van der Waals surface area contributed by atoms with Gasteiger partial charge < -0.3 is 9.84 Å². The number of ether oxygens (including phenoxy) is 1. The Morgan fingerprint density at radius 3 is 2.44 bits per heavy atom. The van der Waals surface area contributed by atoms with Crippen LogP contribution in [-0.2, 0) is 6.61 Å². The molecule has 4 heteroatoms. The number of rotatable bonds is 3. The van der Waals surface area contributed by atoms with Crippen molar-refractivity contribution in [1.29, 1.82) is 0 Å². The molecule has 0 atom stereocenters. The Kier molecular flexibility index (Phi) is 3.12. The van der Waals surface area contributed by atoms with E-state index in [0.29, 0.717) is 11.6 Å². The molecule has 0 saturated heterocycles. The fourth-order valence-electron chi connectivity index (χ4n) is 1.44. The van der Waals surface area contributed by atoms with Crippen molar-refractivity contribution in [2.75, 3.05) is 7.11 Å². The Hall–Kier alpha value is -1.94. The quantitative estimate of drug-likeness (QED) is 0.847. The normalized spacial score (nSPS) is 10.1. The summed E-state index contributed by atoms with van der Waals surface area (Å²) in [4.78, 5) is 8.31. The maximum Gasteiger partial charge on any atom is 0.240 e. The van der Waals surface area contributed by atoms with Gasteiger partial charge in [0, 0.05) is 18.0 Å². The number of nitrogens with zero attached hydrogens (tertiary/aromatic N) is 2. The van der Waals surface area contributed by atoms with E-state index in [4.69, 9.17) is 9.84 Å². The molecule has 0 amide bonds. The van der Waals surface area contributed by atoms with Crippen molar-refractivity contribution in [3.63, 3.8) is 0 Å². The molecule has 0 radical (unpaired) electrons. The van der Waals surface area contributed by atoms with Gasteiger partial charge in [-0.05, 0) is 5.56 Å². The second kappa shape index (κ2) is 4.72. The highest BCUT2D eigenvalue weighted by Crippen LogP contribution is 2.24. The van der Waals surface area contributed by atoms with Gasteiger partial charge in [-0.2, -0.15) is 0 Å². The predicted molar refractivity (Wildman–Crippen MR) is 59.9 cm³/mol. The lowest BCUT2D eigenvalue weighted by atomic mass is 10.1. The van der Waals surface area contributed by atoms with Crippen molar-refractivity contribution >= 4 is 0 Å². The molecule has 4 nitrogen and oxygen atoms in total. The topological polar surface area (TPSA) is 55.2 Å². The van der Waals surface area contributed by atoms with Gasteiger partial charge in [0.25, 0.3) is 0 Å². The number of aliphatic hydroxyl groups is 1. The van der Waals surface area contributed by atoms with Gasteiger partial charge in [0.15, 0.2) is 0 Å². The second-order valence-electron chi connectivity index (χ2n) is 3.27. The van der Waals surface area contributed by atoms with Crippen LogP contribution in [0.4, 0.5) is 0 Å². The summed E-state index contributed by atoms with van der Waals surface area (Å²) in [6.45, 7) is 0.0396. The van der Waals surface area contributed by atoms with E-state index in [2.05, 4.69) is 9.97 Å². The highest BCUT2D eigenvalue weighted by Gasteiger charge is 2.07. The molecule has 0 fully saturated rings. The lowest BCUT2D eigenvalue weighted by Gasteiger charge is -2.06. The van der Waals surface area contributed by atoms with Crippen LogP contribution < -0.4 is 4.74 Å². The highest BCUT2D eigenvalue weighted by molar-refractivity contribution is 5.64. The molecule has 0 aliphatic rings. The van der Waals surface area contributed by atoms with Crippen molar-refractivity contribution in [3.05, 3.63) is 42.2 Å². The Labute approximate surface area is 93.6 Å². The molecule has 2 rings (SSSR count). The first-order valence-electron chi connectivity index (χ1n) is 4.90. The molecule has 0 aliphatic heterocycles.